The van der Waals surface area contributed by atoms with Crippen LogP contribution in [0.2, 0.25) is 0 Å². The number of hydrogen-bond donors (Lipinski definition) is 3. The van der Waals surface area contributed by atoms with Gasteiger partial charge in [-0.05, 0) is 30.5 Å². The molecule has 1 aromatic rings. The number of hydrogen-bond acceptors (Lipinski definition) is 3. The second kappa shape index (κ2) is 11.2. The molecule has 1 aromatic carbocycles. The zero-order valence-corrected chi connectivity index (χ0v) is 14.0. The van der Waals surface area contributed by atoms with Crippen LogP contribution < -0.4 is 0 Å². The molecule has 0 aliphatic rings. The van der Waals surface area contributed by atoms with Crippen molar-refractivity contribution in [1.29, 1.82) is 0 Å². The average Bonchev–Trinajstić information content (AvgIpc) is 2.50. The van der Waals surface area contributed by atoms with Gasteiger partial charge >= 0.3 is 0 Å². The topological polar surface area (TPSA) is 60.7 Å². The Labute approximate surface area is 135 Å². The van der Waals surface area contributed by atoms with E-state index in [1.165, 1.54) is 76.3 Å². The Morgan fingerprint density at radius 3 is 1.50 bits per heavy atom. The van der Waals surface area contributed by atoms with Crippen LogP contribution in [-0.4, -0.2) is 15.3 Å². The van der Waals surface area contributed by atoms with Gasteiger partial charge in [0.25, 0.3) is 0 Å². The molecule has 0 unspecified atom stereocenters. The normalized spacial score (nSPS) is 11.0. The van der Waals surface area contributed by atoms with Gasteiger partial charge in [-0.25, -0.2) is 0 Å². The van der Waals surface area contributed by atoms with Crippen LogP contribution in [0.25, 0.3) is 0 Å². The van der Waals surface area contributed by atoms with E-state index >= 15 is 0 Å². The van der Waals surface area contributed by atoms with Gasteiger partial charge in [0.1, 0.15) is 0 Å². The minimum Gasteiger partial charge on any atom is -0.504 e. The van der Waals surface area contributed by atoms with Crippen LogP contribution in [0.15, 0.2) is 12.1 Å². The van der Waals surface area contributed by atoms with Gasteiger partial charge in [0.15, 0.2) is 17.2 Å². The van der Waals surface area contributed by atoms with Crippen LogP contribution in [0.3, 0.4) is 0 Å². The summed E-state index contributed by atoms with van der Waals surface area (Å²) >= 11 is 0. The first-order valence-corrected chi connectivity index (χ1v) is 8.89. The lowest BCUT2D eigenvalue weighted by Gasteiger charge is -2.06. The standard InChI is InChI=1S/C19H32O3/c1-2-3-4-5-6-7-8-9-10-11-12-13-16-14-17(20)19(22)18(21)15-16/h14-15,20-22H,2-13H2,1H3. The van der Waals surface area contributed by atoms with Crippen molar-refractivity contribution in [3.05, 3.63) is 17.7 Å². The molecule has 3 nitrogen and oxygen atoms in total. The lowest BCUT2D eigenvalue weighted by atomic mass is 10.0. The molecule has 0 aliphatic heterocycles. The van der Waals surface area contributed by atoms with Crippen molar-refractivity contribution >= 4 is 0 Å². The molecule has 0 saturated heterocycles. The van der Waals surface area contributed by atoms with Crippen molar-refractivity contribution in [2.75, 3.05) is 0 Å². The molecule has 0 bridgehead atoms. The number of phenols is 3. The van der Waals surface area contributed by atoms with Crippen LogP contribution >= 0.6 is 0 Å². The van der Waals surface area contributed by atoms with E-state index in [1.807, 2.05) is 0 Å². The Morgan fingerprint density at radius 1 is 0.636 bits per heavy atom. The Morgan fingerprint density at radius 2 is 1.05 bits per heavy atom. The van der Waals surface area contributed by atoms with Crippen molar-refractivity contribution in [2.45, 2.75) is 84.0 Å². The predicted octanol–water partition coefficient (Wildman–Crippen LogP) is 5.66. The first-order valence-electron chi connectivity index (χ1n) is 8.89. The minimum atomic E-state index is -0.428. The lowest BCUT2D eigenvalue weighted by Crippen LogP contribution is -1.87. The summed E-state index contributed by atoms with van der Waals surface area (Å²) in [5.74, 6) is -0.904. The summed E-state index contributed by atoms with van der Waals surface area (Å²) in [5.41, 5.74) is 0.878. The lowest BCUT2D eigenvalue weighted by molar-refractivity contribution is 0.367. The summed E-state index contributed by atoms with van der Waals surface area (Å²) in [6, 6.07) is 3.07. The molecular formula is C19H32O3. The van der Waals surface area contributed by atoms with E-state index in [4.69, 9.17) is 0 Å². The molecule has 0 fully saturated rings. The Kier molecular flexibility index (Phi) is 9.52. The number of benzene rings is 1. The maximum Gasteiger partial charge on any atom is 0.200 e. The number of aryl methyl sites for hydroxylation is 1. The highest BCUT2D eigenvalue weighted by molar-refractivity contribution is 5.51. The van der Waals surface area contributed by atoms with Gasteiger partial charge in [0.05, 0.1) is 0 Å². The van der Waals surface area contributed by atoms with Crippen LogP contribution in [0.4, 0.5) is 0 Å². The summed E-state index contributed by atoms with van der Waals surface area (Å²) in [6.07, 6.45) is 15.2. The van der Waals surface area contributed by atoms with E-state index in [1.54, 1.807) is 0 Å². The Bertz CT molecular complexity index is 392. The molecule has 0 aromatic heterocycles. The highest BCUT2D eigenvalue weighted by atomic mass is 16.3. The largest absolute Gasteiger partial charge is 0.504 e. The van der Waals surface area contributed by atoms with Gasteiger partial charge in [0.2, 0.25) is 0 Å². The first-order chi connectivity index (χ1) is 10.6. The van der Waals surface area contributed by atoms with Crippen LogP contribution in [-0.2, 0) is 6.42 Å². The third-order valence-electron chi connectivity index (χ3n) is 4.20. The Balaban J connectivity index is 2.00. The quantitative estimate of drug-likeness (QED) is 0.345. The van der Waals surface area contributed by atoms with Crippen molar-refractivity contribution in [3.8, 4) is 17.2 Å². The van der Waals surface area contributed by atoms with E-state index in [9.17, 15) is 15.3 Å². The van der Waals surface area contributed by atoms with E-state index in [-0.39, 0.29) is 11.5 Å². The molecule has 3 heteroatoms. The molecule has 126 valence electrons. The third-order valence-corrected chi connectivity index (χ3v) is 4.20. The summed E-state index contributed by atoms with van der Waals surface area (Å²) in [6.45, 7) is 2.25. The summed E-state index contributed by atoms with van der Waals surface area (Å²) in [7, 11) is 0. The van der Waals surface area contributed by atoms with Gasteiger partial charge < -0.3 is 15.3 Å². The molecule has 3 N–H and O–H groups in total. The average molecular weight is 308 g/mol. The minimum absolute atomic E-state index is 0.238. The van der Waals surface area contributed by atoms with Gasteiger partial charge in [-0.15, -0.1) is 0 Å². The van der Waals surface area contributed by atoms with Crippen LogP contribution in [0.5, 0.6) is 17.2 Å². The van der Waals surface area contributed by atoms with E-state index in [2.05, 4.69) is 6.92 Å². The zero-order chi connectivity index (χ0) is 16.2. The van der Waals surface area contributed by atoms with Crippen LogP contribution in [0.1, 0.15) is 83.1 Å². The van der Waals surface area contributed by atoms with Crippen LogP contribution in [0, 0.1) is 0 Å². The predicted molar refractivity (Wildman–Crippen MR) is 91.6 cm³/mol. The second-order valence-corrected chi connectivity index (χ2v) is 6.27. The fourth-order valence-electron chi connectivity index (χ4n) is 2.80. The van der Waals surface area contributed by atoms with Crippen molar-refractivity contribution in [2.24, 2.45) is 0 Å². The maximum absolute atomic E-state index is 9.45. The molecular weight excluding hydrogens is 276 g/mol. The molecule has 0 saturated carbocycles. The van der Waals surface area contributed by atoms with Crippen molar-refractivity contribution in [1.82, 2.24) is 0 Å². The maximum atomic E-state index is 9.45. The molecule has 0 heterocycles. The highest BCUT2D eigenvalue weighted by Gasteiger charge is 2.07. The molecule has 0 amide bonds. The summed E-state index contributed by atoms with van der Waals surface area (Å²) in [4.78, 5) is 0. The molecule has 0 atom stereocenters. The molecule has 0 radical (unpaired) electrons. The Hall–Kier alpha value is -1.38. The van der Waals surface area contributed by atoms with E-state index in [0.717, 1.165) is 18.4 Å². The highest BCUT2D eigenvalue weighted by Crippen LogP contribution is 2.35. The van der Waals surface area contributed by atoms with Crippen molar-refractivity contribution in [3.63, 3.8) is 0 Å². The fourth-order valence-corrected chi connectivity index (χ4v) is 2.80. The first kappa shape index (κ1) is 18.7. The third kappa shape index (κ3) is 7.58. The molecule has 0 spiro atoms. The SMILES string of the molecule is CCCCCCCCCCCCCc1cc(O)c(O)c(O)c1. The molecule has 0 aliphatic carbocycles. The van der Waals surface area contributed by atoms with Gasteiger partial charge in [0, 0.05) is 0 Å². The number of unbranched alkanes of at least 4 members (excludes halogenated alkanes) is 10. The summed E-state index contributed by atoms with van der Waals surface area (Å²) in [5, 5.41) is 28.2. The fraction of sp³-hybridized carbons (Fsp3) is 0.684. The van der Waals surface area contributed by atoms with Gasteiger partial charge in [-0.1, -0.05) is 71.1 Å². The molecule has 22 heavy (non-hydrogen) atoms. The number of rotatable bonds is 12. The number of phenolic OH excluding ortho intramolecular Hbond substituents is 3. The van der Waals surface area contributed by atoms with Gasteiger partial charge in [-0.3, -0.25) is 0 Å². The number of aromatic hydroxyl groups is 3. The zero-order valence-electron chi connectivity index (χ0n) is 14.0. The monoisotopic (exact) mass is 308 g/mol. The summed E-state index contributed by atoms with van der Waals surface area (Å²) < 4.78 is 0. The van der Waals surface area contributed by atoms with E-state index < -0.39 is 5.75 Å². The van der Waals surface area contributed by atoms with Gasteiger partial charge in [-0.2, -0.15) is 0 Å². The smallest absolute Gasteiger partial charge is 0.200 e. The van der Waals surface area contributed by atoms with E-state index in [0.29, 0.717) is 0 Å². The second-order valence-electron chi connectivity index (χ2n) is 6.27. The molecule has 1 rings (SSSR count). The van der Waals surface area contributed by atoms with Crippen molar-refractivity contribution < 1.29 is 15.3 Å².